The van der Waals surface area contributed by atoms with Crippen LogP contribution in [0.25, 0.3) is 21.9 Å². The first kappa shape index (κ1) is 18.9. The van der Waals surface area contributed by atoms with Gasteiger partial charge in [0.05, 0.1) is 12.8 Å². The fourth-order valence-corrected chi connectivity index (χ4v) is 6.19. The lowest BCUT2D eigenvalue weighted by atomic mass is 10.1. The number of anilines is 1. The zero-order valence-corrected chi connectivity index (χ0v) is 17.1. The van der Waals surface area contributed by atoms with Crippen LogP contribution in [0.2, 0.25) is 0 Å². The summed E-state index contributed by atoms with van der Waals surface area (Å²) in [5.41, 5.74) is 1.80. The van der Waals surface area contributed by atoms with E-state index in [0.29, 0.717) is 35.1 Å². The van der Waals surface area contributed by atoms with E-state index in [1.165, 1.54) is 23.8 Å². The number of fused-ring (bicyclic) bond motifs is 3. The van der Waals surface area contributed by atoms with Crippen LogP contribution >= 0.6 is 11.8 Å². The number of hydrogen-bond donors (Lipinski definition) is 1. The molecule has 2 heterocycles. The summed E-state index contributed by atoms with van der Waals surface area (Å²) >= 11 is 1.53. The van der Waals surface area contributed by atoms with Crippen molar-refractivity contribution in [1.82, 2.24) is 4.90 Å². The zero-order chi connectivity index (χ0) is 19.9. The Labute approximate surface area is 166 Å². The quantitative estimate of drug-likeness (QED) is 0.697. The van der Waals surface area contributed by atoms with E-state index in [2.05, 4.69) is 5.32 Å². The molecule has 7 nitrogen and oxygen atoms in total. The molecular formula is C19H20N2O5S2. The summed E-state index contributed by atoms with van der Waals surface area (Å²) in [6, 6.07) is 10.7. The summed E-state index contributed by atoms with van der Waals surface area (Å²) < 4.78 is 35.5. The largest absolute Gasteiger partial charge is 0.495 e. The van der Waals surface area contributed by atoms with Crippen LogP contribution in [0.15, 0.2) is 40.8 Å². The average Bonchev–Trinajstić information content (AvgIpc) is 3.04. The lowest BCUT2D eigenvalue weighted by molar-refractivity contribution is 0.210. The molecule has 0 saturated carbocycles. The molecule has 9 heteroatoms. The van der Waals surface area contributed by atoms with Gasteiger partial charge in [0.15, 0.2) is 9.84 Å². The topological polar surface area (TPSA) is 88.9 Å². The normalized spacial score (nSPS) is 17.8. The molecule has 0 spiro atoms. The number of carbonyl (C=O) groups excluding carboxylic acids is 1. The van der Waals surface area contributed by atoms with E-state index in [1.807, 2.05) is 30.3 Å². The number of benzene rings is 2. The van der Waals surface area contributed by atoms with E-state index >= 15 is 0 Å². The van der Waals surface area contributed by atoms with Crippen LogP contribution in [0.4, 0.5) is 10.5 Å². The van der Waals surface area contributed by atoms with Gasteiger partial charge in [-0.25, -0.2) is 13.2 Å². The monoisotopic (exact) mass is 420 g/mol. The van der Waals surface area contributed by atoms with E-state index in [1.54, 1.807) is 6.07 Å². The molecule has 28 heavy (non-hydrogen) atoms. The third-order valence-corrected chi connectivity index (χ3v) is 7.42. The lowest BCUT2D eigenvalue weighted by Crippen LogP contribution is -2.51. The molecule has 0 unspecified atom stereocenters. The second-order valence-corrected chi connectivity index (χ2v) is 9.98. The Balaban J connectivity index is 1.70. The van der Waals surface area contributed by atoms with Gasteiger partial charge in [-0.3, -0.25) is 0 Å². The third kappa shape index (κ3) is 3.40. The maximum Gasteiger partial charge on any atom is 0.323 e. The summed E-state index contributed by atoms with van der Waals surface area (Å²) in [6.07, 6.45) is 1.16. The maximum atomic E-state index is 12.9. The molecule has 1 N–H and O–H groups in total. The molecule has 1 atom stereocenters. The average molecular weight is 421 g/mol. The molecule has 2 aromatic carbocycles. The van der Waals surface area contributed by atoms with Gasteiger partial charge in [-0.1, -0.05) is 18.2 Å². The molecule has 1 aliphatic rings. The number of nitrogens with one attached hydrogen (secondary N) is 1. The van der Waals surface area contributed by atoms with Crippen LogP contribution in [0.1, 0.15) is 0 Å². The Kier molecular flexibility index (Phi) is 4.88. The highest BCUT2D eigenvalue weighted by Gasteiger charge is 2.34. The molecule has 148 valence electrons. The predicted molar refractivity (Wildman–Crippen MR) is 112 cm³/mol. The Bertz CT molecular complexity index is 1160. The first-order valence-corrected chi connectivity index (χ1v) is 11.8. The van der Waals surface area contributed by atoms with E-state index in [-0.39, 0.29) is 0 Å². The minimum atomic E-state index is -3.39. The highest BCUT2D eigenvalue weighted by molar-refractivity contribution is 8.00. The smallest absolute Gasteiger partial charge is 0.323 e. The highest BCUT2D eigenvalue weighted by Crippen LogP contribution is 2.36. The first-order valence-electron chi connectivity index (χ1n) is 8.72. The van der Waals surface area contributed by atoms with Crippen molar-refractivity contribution >= 4 is 55.3 Å². The van der Waals surface area contributed by atoms with Gasteiger partial charge in [0.25, 0.3) is 0 Å². The predicted octanol–water partition coefficient (Wildman–Crippen LogP) is 3.55. The highest BCUT2D eigenvalue weighted by atomic mass is 32.2. The standard InChI is InChI=1S/C19H20N2O5S2/c1-25-17-9-13-12-5-3-4-6-15(12)26-16(13)10-14(17)20-19(22)21-7-8-27-11-18(21)28(2,23)24/h3-6,9-10,18H,7-8,11H2,1-2H3,(H,20,22)/t18-/m0/s1. The summed E-state index contributed by atoms with van der Waals surface area (Å²) in [7, 11) is -1.86. The summed E-state index contributed by atoms with van der Waals surface area (Å²) in [5.74, 6) is 1.54. The van der Waals surface area contributed by atoms with Crippen molar-refractivity contribution in [3.63, 3.8) is 0 Å². The van der Waals surface area contributed by atoms with Crippen molar-refractivity contribution in [2.45, 2.75) is 5.37 Å². The number of carbonyl (C=O) groups is 1. The van der Waals surface area contributed by atoms with Crippen molar-refractivity contribution < 1.29 is 22.4 Å². The summed E-state index contributed by atoms with van der Waals surface area (Å²) in [4.78, 5) is 14.2. The molecule has 0 aliphatic carbocycles. The van der Waals surface area contributed by atoms with Crippen LogP contribution < -0.4 is 10.1 Å². The fraction of sp³-hybridized carbons (Fsp3) is 0.316. The Morgan fingerprint density at radius 2 is 2.04 bits per heavy atom. The number of para-hydroxylation sites is 1. The van der Waals surface area contributed by atoms with Crippen LogP contribution in [0.3, 0.4) is 0 Å². The van der Waals surface area contributed by atoms with E-state index < -0.39 is 21.2 Å². The Morgan fingerprint density at radius 3 is 2.79 bits per heavy atom. The van der Waals surface area contributed by atoms with Crippen molar-refractivity contribution in [3.05, 3.63) is 36.4 Å². The number of sulfone groups is 1. The second kappa shape index (κ2) is 7.21. The van der Waals surface area contributed by atoms with Crippen molar-refractivity contribution in [3.8, 4) is 5.75 Å². The minimum Gasteiger partial charge on any atom is -0.495 e. The molecule has 3 aromatic rings. The second-order valence-electron chi connectivity index (χ2n) is 6.63. The third-order valence-electron chi connectivity index (χ3n) is 4.78. The van der Waals surface area contributed by atoms with Crippen LogP contribution in [-0.2, 0) is 9.84 Å². The Hall–Kier alpha value is -2.39. The zero-order valence-electron chi connectivity index (χ0n) is 15.5. The molecule has 1 aromatic heterocycles. The molecule has 4 rings (SSSR count). The van der Waals surface area contributed by atoms with Gasteiger partial charge in [0.2, 0.25) is 0 Å². The van der Waals surface area contributed by atoms with Crippen LogP contribution in [0, 0.1) is 0 Å². The van der Waals surface area contributed by atoms with Gasteiger partial charge in [0, 0.05) is 41.1 Å². The van der Waals surface area contributed by atoms with Gasteiger partial charge in [-0.05, 0) is 12.1 Å². The van der Waals surface area contributed by atoms with Crippen molar-refractivity contribution in [2.24, 2.45) is 0 Å². The van der Waals surface area contributed by atoms with Crippen molar-refractivity contribution in [1.29, 1.82) is 0 Å². The number of ether oxygens (including phenoxy) is 1. The molecule has 1 aliphatic heterocycles. The number of furan rings is 1. The molecular weight excluding hydrogens is 400 g/mol. The van der Waals surface area contributed by atoms with Gasteiger partial charge in [-0.2, -0.15) is 11.8 Å². The van der Waals surface area contributed by atoms with Gasteiger partial charge < -0.3 is 19.4 Å². The maximum absolute atomic E-state index is 12.9. The number of amides is 2. The number of hydrogen-bond acceptors (Lipinski definition) is 6. The number of rotatable bonds is 3. The summed E-state index contributed by atoms with van der Waals surface area (Å²) in [6.45, 7) is 0.365. The first-order chi connectivity index (χ1) is 13.4. The number of urea groups is 1. The number of nitrogens with zero attached hydrogens (tertiary/aromatic N) is 1. The van der Waals surface area contributed by atoms with E-state index in [4.69, 9.17) is 9.15 Å². The fourth-order valence-electron chi connectivity index (χ4n) is 3.37. The van der Waals surface area contributed by atoms with Crippen molar-refractivity contribution in [2.75, 3.05) is 36.7 Å². The minimum absolute atomic E-state index is 0.365. The molecule has 1 saturated heterocycles. The van der Waals surface area contributed by atoms with E-state index in [0.717, 1.165) is 22.6 Å². The van der Waals surface area contributed by atoms with Gasteiger partial charge in [0.1, 0.15) is 22.3 Å². The van der Waals surface area contributed by atoms with Crippen LogP contribution in [0.5, 0.6) is 5.75 Å². The van der Waals surface area contributed by atoms with Gasteiger partial charge in [-0.15, -0.1) is 0 Å². The summed E-state index contributed by atoms with van der Waals surface area (Å²) in [5, 5.41) is 3.80. The molecule has 1 fully saturated rings. The Morgan fingerprint density at radius 1 is 1.25 bits per heavy atom. The number of methoxy groups -OCH3 is 1. The van der Waals surface area contributed by atoms with E-state index in [9.17, 15) is 13.2 Å². The molecule has 2 amide bonds. The lowest BCUT2D eigenvalue weighted by Gasteiger charge is -2.34. The molecule has 0 bridgehead atoms. The van der Waals surface area contributed by atoms with Gasteiger partial charge >= 0.3 is 6.03 Å². The number of thioether (sulfide) groups is 1. The van der Waals surface area contributed by atoms with Crippen LogP contribution in [-0.4, -0.2) is 56.1 Å². The SMILES string of the molecule is COc1cc2c(cc1NC(=O)N1CCSC[C@@H]1S(C)(=O)=O)oc1ccccc12. The molecule has 0 radical (unpaired) electrons.